The average Bonchev–Trinajstić information content (AvgIpc) is 2.57. The molecule has 1 aromatic carbocycles. The molecular formula is C18H26O. The lowest BCUT2D eigenvalue weighted by atomic mass is 9.79. The Bertz CT molecular complexity index is 447. The summed E-state index contributed by atoms with van der Waals surface area (Å²) in [6.45, 7) is 11.2. The highest BCUT2D eigenvalue weighted by Gasteiger charge is 2.39. The summed E-state index contributed by atoms with van der Waals surface area (Å²) in [5.74, 6) is 0.478. The molecule has 0 amide bonds. The van der Waals surface area contributed by atoms with Crippen molar-refractivity contribution in [1.82, 2.24) is 0 Å². The van der Waals surface area contributed by atoms with E-state index >= 15 is 0 Å². The Labute approximate surface area is 117 Å². The number of aryl methyl sites for hydroxylation is 1. The summed E-state index contributed by atoms with van der Waals surface area (Å²) in [5, 5.41) is 0. The molecule has 0 saturated heterocycles. The molecule has 1 aromatic rings. The smallest absolute Gasteiger partial charge is 0.0961 e. The summed E-state index contributed by atoms with van der Waals surface area (Å²) in [6, 6.07) is 8.82. The first-order valence-corrected chi connectivity index (χ1v) is 7.43. The minimum absolute atomic E-state index is 0.133. The molecule has 1 unspecified atom stereocenters. The van der Waals surface area contributed by atoms with Gasteiger partial charge in [0.2, 0.25) is 0 Å². The van der Waals surface area contributed by atoms with Gasteiger partial charge in [0.1, 0.15) is 0 Å². The Morgan fingerprint density at radius 3 is 2.74 bits per heavy atom. The highest BCUT2D eigenvalue weighted by atomic mass is 16.5. The molecule has 0 bridgehead atoms. The van der Waals surface area contributed by atoms with E-state index < -0.39 is 0 Å². The van der Waals surface area contributed by atoms with Crippen LogP contribution in [0.25, 0.3) is 0 Å². The average molecular weight is 258 g/mol. The number of hydrogen-bond donors (Lipinski definition) is 0. The van der Waals surface area contributed by atoms with Crippen LogP contribution in [0.5, 0.6) is 0 Å². The monoisotopic (exact) mass is 258 g/mol. The molecule has 0 aromatic heterocycles. The third-order valence-electron chi connectivity index (χ3n) is 4.23. The fraction of sp³-hybridized carbons (Fsp3) is 0.556. The zero-order valence-corrected chi connectivity index (χ0v) is 12.5. The van der Waals surface area contributed by atoms with Gasteiger partial charge in [-0.05, 0) is 49.7 Å². The van der Waals surface area contributed by atoms with E-state index in [9.17, 15) is 0 Å². The van der Waals surface area contributed by atoms with Crippen LogP contribution in [0.4, 0.5) is 0 Å². The van der Waals surface area contributed by atoms with Gasteiger partial charge in [-0.3, -0.25) is 0 Å². The van der Waals surface area contributed by atoms with Crippen molar-refractivity contribution in [3.63, 3.8) is 0 Å². The predicted molar refractivity (Wildman–Crippen MR) is 81.3 cm³/mol. The molecule has 2 rings (SSSR count). The van der Waals surface area contributed by atoms with E-state index in [1.807, 2.05) is 6.92 Å². The largest absolute Gasteiger partial charge is 0.366 e. The summed E-state index contributed by atoms with van der Waals surface area (Å²) < 4.78 is 6.40. The lowest BCUT2D eigenvalue weighted by molar-refractivity contribution is -0.0812. The minimum Gasteiger partial charge on any atom is -0.366 e. The quantitative estimate of drug-likeness (QED) is 0.553. The van der Waals surface area contributed by atoms with Gasteiger partial charge in [0.15, 0.2) is 0 Å². The Hall–Kier alpha value is -1.08. The molecule has 1 aliphatic carbocycles. The molecule has 0 radical (unpaired) electrons. The van der Waals surface area contributed by atoms with E-state index in [1.165, 1.54) is 30.4 Å². The normalized spacial score (nSPS) is 22.9. The topological polar surface area (TPSA) is 9.23 Å². The Balaban J connectivity index is 2.43. The van der Waals surface area contributed by atoms with Gasteiger partial charge in [0, 0.05) is 0 Å². The molecule has 0 N–H and O–H groups in total. The van der Waals surface area contributed by atoms with Gasteiger partial charge in [-0.15, -0.1) is 0 Å². The van der Waals surface area contributed by atoms with E-state index in [1.54, 1.807) is 0 Å². The zero-order chi connectivity index (χ0) is 13.9. The third-order valence-corrected chi connectivity index (χ3v) is 4.23. The van der Waals surface area contributed by atoms with Crippen molar-refractivity contribution < 1.29 is 4.74 Å². The predicted octanol–water partition coefficient (Wildman–Crippen LogP) is 4.86. The number of fused-ring (bicyclic) bond motifs is 1. The van der Waals surface area contributed by atoms with Crippen LogP contribution in [-0.2, 0) is 16.8 Å². The molecule has 0 spiro atoms. The van der Waals surface area contributed by atoms with Crippen molar-refractivity contribution in [2.45, 2.75) is 52.1 Å². The SMILES string of the molecule is C=C(C)COC1(C(C)C)CCCCc2ccccc21. The molecule has 104 valence electrons. The van der Waals surface area contributed by atoms with Crippen molar-refractivity contribution in [3.8, 4) is 0 Å². The third kappa shape index (κ3) is 2.92. The van der Waals surface area contributed by atoms with E-state index in [0.29, 0.717) is 12.5 Å². The molecule has 1 aliphatic rings. The van der Waals surface area contributed by atoms with Gasteiger partial charge >= 0.3 is 0 Å². The van der Waals surface area contributed by atoms with Crippen LogP contribution >= 0.6 is 0 Å². The van der Waals surface area contributed by atoms with Crippen LogP contribution in [0.1, 0.15) is 51.2 Å². The number of ether oxygens (including phenoxy) is 1. The zero-order valence-electron chi connectivity index (χ0n) is 12.5. The van der Waals surface area contributed by atoms with Crippen molar-refractivity contribution in [2.24, 2.45) is 5.92 Å². The molecular weight excluding hydrogens is 232 g/mol. The van der Waals surface area contributed by atoms with Gasteiger partial charge in [0.05, 0.1) is 12.2 Å². The van der Waals surface area contributed by atoms with Gasteiger partial charge in [-0.2, -0.15) is 0 Å². The van der Waals surface area contributed by atoms with Crippen molar-refractivity contribution in [1.29, 1.82) is 0 Å². The van der Waals surface area contributed by atoms with E-state index in [2.05, 4.69) is 44.7 Å². The van der Waals surface area contributed by atoms with E-state index in [0.717, 1.165) is 12.0 Å². The summed E-state index contributed by atoms with van der Waals surface area (Å²) in [4.78, 5) is 0. The fourth-order valence-electron chi connectivity index (χ4n) is 3.16. The van der Waals surface area contributed by atoms with Crippen LogP contribution in [0.2, 0.25) is 0 Å². The lowest BCUT2D eigenvalue weighted by Gasteiger charge is -2.38. The Kier molecular flexibility index (Phi) is 4.46. The molecule has 0 aliphatic heterocycles. The van der Waals surface area contributed by atoms with Crippen molar-refractivity contribution in [3.05, 3.63) is 47.5 Å². The molecule has 1 atom stereocenters. The van der Waals surface area contributed by atoms with Gasteiger partial charge < -0.3 is 4.74 Å². The van der Waals surface area contributed by atoms with Crippen LogP contribution < -0.4 is 0 Å². The van der Waals surface area contributed by atoms with E-state index in [4.69, 9.17) is 4.74 Å². The number of rotatable bonds is 4. The molecule has 0 fully saturated rings. The summed E-state index contributed by atoms with van der Waals surface area (Å²) in [7, 11) is 0. The lowest BCUT2D eigenvalue weighted by Crippen LogP contribution is -2.36. The minimum atomic E-state index is -0.133. The van der Waals surface area contributed by atoms with Crippen LogP contribution in [0.3, 0.4) is 0 Å². The number of hydrogen-bond acceptors (Lipinski definition) is 1. The highest BCUT2D eigenvalue weighted by molar-refractivity contribution is 5.34. The maximum Gasteiger partial charge on any atom is 0.0961 e. The van der Waals surface area contributed by atoms with Gasteiger partial charge in [-0.1, -0.05) is 50.3 Å². The van der Waals surface area contributed by atoms with Gasteiger partial charge in [0.25, 0.3) is 0 Å². The second-order valence-electron chi connectivity index (χ2n) is 6.15. The molecule has 19 heavy (non-hydrogen) atoms. The standard InChI is InChI=1S/C18H26O/c1-14(2)13-19-18(15(3)4)12-8-7-10-16-9-5-6-11-17(16)18/h5-6,9,11,15H,1,7-8,10,12-13H2,2-4H3. The maximum atomic E-state index is 6.40. The molecule has 0 saturated carbocycles. The first kappa shape index (κ1) is 14.3. The molecule has 1 heteroatoms. The summed E-state index contributed by atoms with van der Waals surface area (Å²) in [6.07, 6.45) is 4.81. The first-order valence-electron chi connectivity index (χ1n) is 7.43. The maximum absolute atomic E-state index is 6.40. The fourth-order valence-corrected chi connectivity index (χ4v) is 3.16. The molecule has 0 heterocycles. The number of benzene rings is 1. The summed E-state index contributed by atoms with van der Waals surface area (Å²) >= 11 is 0. The van der Waals surface area contributed by atoms with Gasteiger partial charge in [-0.25, -0.2) is 0 Å². The summed E-state index contributed by atoms with van der Waals surface area (Å²) in [5.41, 5.74) is 3.84. The second-order valence-corrected chi connectivity index (χ2v) is 6.15. The van der Waals surface area contributed by atoms with Crippen molar-refractivity contribution >= 4 is 0 Å². The first-order chi connectivity index (χ1) is 9.06. The molecule has 1 nitrogen and oxygen atoms in total. The Morgan fingerprint density at radius 2 is 2.05 bits per heavy atom. The highest BCUT2D eigenvalue weighted by Crippen LogP contribution is 2.43. The van der Waals surface area contributed by atoms with Crippen LogP contribution in [-0.4, -0.2) is 6.61 Å². The van der Waals surface area contributed by atoms with E-state index in [-0.39, 0.29) is 5.60 Å². The van der Waals surface area contributed by atoms with Crippen LogP contribution in [0.15, 0.2) is 36.4 Å². The van der Waals surface area contributed by atoms with Crippen molar-refractivity contribution in [2.75, 3.05) is 6.61 Å². The Morgan fingerprint density at radius 1 is 1.32 bits per heavy atom. The van der Waals surface area contributed by atoms with Crippen LogP contribution in [0, 0.1) is 5.92 Å². The second kappa shape index (κ2) is 5.92.